The zero-order valence-electron chi connectivity index (χ0n) is 10.4. The van der Waals surface area contributed by atoms with Crippen LogP contribution < -0.4 is 10.6 Å². The van der Waals surface area contributed by atoms with Gasteiger partial charge >= 0.3 is 0 Å². The van der Waals surface area contributed by atoms with Crippen molar-refractivity contribution in [3.63, 3.8) is 0 Å². The summed E-state index contributed by atoms with van der Waals surface area (Å²) in [5, 5.41) is 9.78. The molecular formula is C11H19ClN4O2. The van der Waals surface area contributed by atoms with Crippen molar-refractivity contribution in [3.05, 3.63) is 11.7 Å². The van der Waals surface area contributed by atoms with Crippen LogP contribution in [-0.2, 0) is 11.2 Å². The molecule has 1 atom stereocenters. The Kier molecular flexibility index (Phi) is 6.07. The zero-order chi connectivity index (χ0) is 12.1. The highest BCUT2D eigenvalue weighted by Crippen LogP contribution is 2.06. The smallest absolute Gasteiger partial charge is 0.237 e. The molecule has 0 aromatic carbocycles. The molecule has 1 aromatic heterocycles. The molecule has 1 fully saturated rings. The highest BCUT2D eigenvalue weighted by molar-refractivity contribution is 5.85. The van der Waals surface area contributed by atoms with Crippen LogP contribution in [0.3, 0.4) is 0 Å². The first kappa shape index (κ1) is 14.9. The molecule has 2 heterocycles. The molecular weight excluding hydrogens is 256 g/mol. The minimum absolute atomic E-state index is 0. The van der Waals surface area contributed by atoms with E-state index in [1.165, 1.54) is 0 Å². The van der Waals surface area contributed by atoms with Crippen LogP contribution in [-0.4, -0.2) is 35.2 Å². The highest BCUT2D eigenvalue weighted by Gasteiger charge is 2.19. The monoisotopic (exact) mass is 274 g/mol. The molecule has 2 rings (SSSR count). The van der Waals surface area contributed by atoms with Crippen molar-refractivity contribution in [3.8, 4) is 0 Å². The van der Waals surface area contributed by atoms with E-state index in [1.54, 1.807) is 6.92 Å². The van der Waals surface area contributed by atoms with E-state index in [9.17, 15) is 4.79 Å². The van der Waals surface area contributed by atoms with E-state index >= 15 is 0 Å². The molecule has 0 spiro atoms. The average molecular weight is 275 g/mol. The molecule has 1 amide bonds. The minimum Gasteiger partial charge on any atom is -0.354 e. The van der Waals surface area contributed by atoms with E-state index < -0.39 is 0 Å². The number of nitrogens with zero attached hydrogens (tertiary/aromatic N) is 2. The van der Waals surface area contributed by atoms with Gasteiger partial charge < -0.3 is 15.2 Å². The van der Waals surface area contributed by atoms with Crippen molar-refractivity contribution in [1.29, 1.82) is 0 Å². The molecule has 0 bridgehead atoms. The van der Waals surface area contributed by atoms with E-state index in [4.69, 9.17) is 4.52 Å². The van der Waals surface area contributed by atoms with E-state index in [2.05, 4.69) is 20.8 Å². The highest BCUT2D eigenvalue weighted by atomic mass is 35.5. The van der Waals surface area contributed by atoms with Gasteiger partial charge in [-0.15, -0.1) is 12.4 Å². The number of hydrogen-bond acceptors (Lipinski definition) is 5. The summed E-state index contributed by atoms with van der Waals surface area (Å²) in [4.78, 5) is 15.8. The van der Waals surface area contributed by atoms with Crippen molar-refractivity contribution in [2.75, 3.05) is 13.1 Å². The Hall–Kier alpha value is -1.14. The molecule has 0 unspecified atom stereocenters. The Labute approximate surface area is 112 Å². The summed E-state index contributed by atoms with van der Waals surface area (Å²) < 4.78 is 4.96. The molecule has 2 N–H and O–H groups in total. The van der Waals surface area contributed by atoms with Crippen molar-refractivity contribution in [2.24, 2.45) is 0 Å². The van der Waals surface area contributed by atoms with E-state index in [0.717, 1.165) is 25.8 Å². The Morgan fingerprint density at radius 3 is 3.00 bits per heavy atom. The third-order valence-corrected chi connectivity index (χ3v) is 2.83. The van der Waals surface area contributed by atoms with Crippen molar-refractivity contribution >= 4 is 18.3 Å². The second-order valence-electron chi connectivity index (χ2n) is 4.28. The normalized spacial score (nSPS) is 19.1. The lowest BCUT2D eigenvalue weighted by atomic mass is 10.0. The summed E-state index contributed by atoms with van der Waals surface area (Å²) in [6, 6.07) is -0.0341. The van der Waals surface area contributed by atoms with E-state index in [1.807, 2.05) is 0 Å². The number of aromatic nitrogens is 2. The molecule has 1 aliphatic rings. The number of amides is 1. The molecule has 7 heteroatoms. The van der Waals surface area contributed by atoms with Crippen LogP contribution in [0, 0.1) is 6.92 Å². The van der Waals surface area contributed by atoms with Gasteiger partial charge in [-0.25, -0.2) is 0 Å². The summed E-state index contributed by atoms with van der Waals surface area (Å²) in [5.41, 5.74) is 0. The molecule has 102 valence electrons. The Bertz CT molecular complexity index is 377. The van der Waals surface area contributed by atoms with Crippen LogP contribution in [0.15, 0.2) is 4.52 Å². The topological polar surface area (TPSA) is 80.0 Å². The van der Waals surface area contributed by atoms with Gasteiger partial charge in [-0.1, -0.05) is 11.6 Å². The van der Waals surface area contributed by atoms with Gasteiger partial charge in [0, 0.05) is 13.0 Å². The summed E-state index contributed by atoms with van der Waals surface area (Å²) in [6.45, 7) is 3.25. The molecule has 0 saturated carbocycles. The number of halogens is 1. The summed E-state index contributed by atoms with van der Waals surface area (Å²) in [6.07, 6.45) is 3.78. The number of aryl methyl sites for hydroxylation is 1. The number of nitrogens with one attached hydrogen (secondary N) is 2. The quantitative estimate of drug-likeness (QED) is 0.840. The third-order valence-electron chi connectivity index (χ3n) is 2.83. The van der Waals surface area contributed by atoms with E-state index in [-0.39, 0.29) is 24.4 Å². The predicted molar refractivity (Wildman–Crippen MR) is 68.6 cm³/mol. The van der Waals surface area contributed by atoms with Crippen LogP contribution in [0.1, 0.15) is 31.0 Å². The lowest BCUT2D eigenvalue weighted by Gasteiger charge is -2.22. The minimum atomic E-state index is -0.0341. The third kappa shape index (κ3) is 4.27. The molecule has 1 aromatic rings. The number of rotatable bonds is 4. The molecule has 18 heavy (non-hydrogen) atoms. The zero-order valence-corrected chi connectivity index (χ0v) is 11.3. The van der Waals surface area contributed by atoms with Gasteiger partial charge in [0.15, 0.2) is 5.82 Å². The Morgan fingerprint density at radius 2 is 2.39 bits per heavy atom. The fourth-order valence-electron chi connectivity index (χ4n) is 1.93. The van der Waals surface area contributed by atoms with Crippen LogP contribution in [0.5, 0.6) is 0 Å². The summed E-state index contributed by atoms with van der Waals surface area (Å²) >= 11 is 0. The van der Waals surface area contributed by atoms with Crippen LogP contribution >= 0.6 is 12.4 Å². The number of hydrogen-bond donors (Lipinski definition) is 2. The maximum Gasteiger partial charge on any atom is 0.237 e. The molecule has 0 radical (unpaired) electrons. The lowest BCUT2D eigenvalue weighted by molar-refractivity contribution is -0.123. The van der Waals surface area contributed by atoms with Crippen LogP contribution in [0.2, 0.25) is 0 Å². The number of piperidine rings is 1. The summed E-state index contributed by atoms with van der Waals surface area (Å²) in [5.74, 6) is 1.26. The Balaban J connectivity index is 0.00000162. The molecule has 0 aliphatic carbocycles. The maximum atomic E-state index is 11.8. The van der Waals surface area contributed by atoms with Crippen LogP contribution in [0.4, 0.5) is 0 Å². The first-order valence-electron chi connectivity index (χ1n) is 6.06. The number of carbonyl (C=O) groups excluding carboxylic acids is 1. The summed E-state index contributed by atoms with van der Waals surface area (Å²) in [7, 11) is 0. The van der Waals surface area contributed by atoms with Crippen molar-refractivity contribution in [1.82, 2.24) is 20.8 Å². The van der Waals surface area contributed by atoms with Gasteiger partial charge in [0.05, 0.1) is 6.04 Å². The Morgan fingerprint density at radius 1 is 1.56 bits per heavy atom. The molecule has 1 saturated heterocycles. The fraction of sp³-hybridized carbons (Fsp3) is 0.727. The fourth-order valence-corrected chi connectivity index (χ4v) is 1.93. The number of carbonyl (C=O) groups is 1. The van der Waals surface area contributed by atoms with Gasteiger partial charge in [-0.05, 0) is 26.3 Å². The van der Waals surface area contributed by atoms with Gasteiger partial charge in [-0.3, -0.25) is 4.79 Å². The van der Waals surface area contributed by atoms with Gasteiger partial charge in [-0.2, -0.15) is 4.98 Å². The van der Waals surface area contributed by atoms with E-state index in [0.29, 0.717) is 24.7 Å². The first-order valence-corrected chi connectivity index (χ1v) is 6.06. The first-order chi connectivity index (χ1) is 8.25. The average Bonchev–Trinajstić information content (AvgIpc) is 2.76. The standard InChI is InChI=1S/C11H18N4O2.ClH/c1-8-14-10(17-15-8)5-7-13-11(16)9-4-2-3-6-12-9;/h9,12H,2-7H2,1H3,(H,13,16);1H/t9-;/m1./s1. The predicted octanol–water partition coefficient (Wildman–Crippen LogP) is 0.601. The van der Waals surface area contributed by atoms with Crippen LogP contribution in [0.25, 0.3) is 0 Å². The van der Waals surface area contributed by atoms with Gasteiger partial charge in [0.1, 0.15) is 0 Å². The van der Waals surface area contributed by atoms with Crippen molar-refractivity contribution in [2.45, 2.75) is 38.6 Å². The SMILES string of the molecule is Cc1noc(CCNC(=O)[C@H]2CCCCN2)n1.Cl. The largest absolute Gasteiger partial charge is 0.354 e. The molecule has 1 aliphatic heterocycles. The maximum absolute atomic E-state index is 11.8. The second-order valence-corrected chi connectivity index (χ2v) is 4.28. The van der Waals surface area contributed by atoms with Gasteiger partial charge in [0.25, 0.3) is 0 Å². The second kappa shape index (κ2) is 7.33. The molecule has 6 nitrogen and oxygen atoms in total. The lowest BCUT2D eigenvalue weighted by Crippen LogP contribution is -2.47. The van der Waals surface area contributed by atoms with Gasteiger partial charge in [0.2, 0.25) is 11.8 Å². The van der Waals surface area contributed by atoms with Crippen molar-refractivity contribution < 1.29 is 9.32 Å².